The Morgan fingerprint density at radius 3 is 2.38 bits per heavy atom. The first-order valence-corrected chi connectivity index (χ1v) is 8.11. The van der Waals surface area contributed by atoms with Crippen LogP contribution >= 0.6 is 36.4 Å². The van der Waals surface area contributed by atoms with Crippen LogP contribution in [0.25, 0.3) is 0 Å². The van der Waals surface area contributed by atoms with Crippen LogP contribution in [0.2, 0.25) is 5.15 Å². The van der Waals surface area contributed by atoms with Crippen molar-refractivity contribution >= 4 is 42.2 Å². The van der Waals surface area contributed by atoms with Crippen LogP contribution < -0.4 is 4.90 Å². The number of halogens is 3. The van der Waals surface area contributed by atoms with Gasteiger partial charge in [-0.2, -0.15) is 5.10 Å². The maximum absolute atomic E-state index is 5.81. The zero-order valence-corrected chi connectivity index (χ0v) is 15.8. The molecule has 0 amide bonds. The van der Waals surface area contributed by atoms with E-state index in [4.69, 9.17) is 11.6 Å². The summed E-state index contributed by atoms with van der Waals surface area (Å²) in [5.41, 5.74) is 0. The minimum absolute atomic E-state index is 0. The lowest BCUT2D eigenvalue weighted by Gasteiger charge is -2.35. The number of unbranched alkanes of at least 4 members (excludes halogenated alkanes) is 1. The molecular formula is C15H23Cl3N6. The van der Waals surface area contributed by atoms with Gasteiger partial charge in [0.05, 0.1) is 0 Å². The molecule has 0 radical (unpaired) electrons. The van der Waals surface area contributed by atoms with Crippen molar-refractivity contribution in [2.75, 3.05) is 37.6 Å². The fourth-order valence-corrected chi connectivity index (χ4v) is 2.90. The zero-order chi connectivity index (χ0) is 15.2. The van der Waals surface area contributed by atoms with Crippen LogP contribution in [0, 0.1) is 0 Å². The molecule has 0 aliphatic carbocycles. The smallest absolute Gasteiger partial charge is 0.151 e. The van der Waals surface area contributed by atoms with E-state index >= 15 is 0 Å². The predicted octanol–water partition coefficient (Wildman–Crippen LogP) is 2.77. The Kier molecular flexibility index (Phi) is 9.36. The Morgan fingerprint density at radius 1 is 1.00 bits per heavy atom. The molecule has 1 aliphatic rings. The second kappa shape index (κ2) is 10.7. The van der Waals surface area contributed by atoms with Gasteiger partial charge in [-0.15, -0.1) is 24.8 Å². The standard InChI is InChI=1S/C15H21ClN6.2ClH/c16-14-4-8-22(19-14)7-2-1-6-20-9-11-21(12-10-20)15-3-5-17-13-18-15;;/h3-5,8,13H,1-2,6-7,9-12H2;2*1H. The van der Waals surface area contributed by atoms with Gasteiger partial charge in [0.15, 0.2) is 5.15 Å². The fraction of sp³-hybridized carbons (Fsp3) is 0.533. The molecule has 9 heteroatoms. The summed E-state index contributed by atoms with van der Waals surface area (Å²) in [6.07, 6.45) is 7.66. The molecule has 0 saturated carbocycles. The van der Waals surface area contributed by atoms with E-state index in [1.807, 2.05) is 23.0 Å². The number of piperazine rings is 1. The highest BCUT2D eigenvalue weighted by Gasteiger charge is 2.17. The van der Waals surface area contributed by atoms with Crippen LogP contribution in [-0.4, -0.2) is 57.4 Å². The molecule has 0 N–H and O–H groups in total. The van der Waals surface area contributed by atoms with E-state index in [9.17, 15) is 0 Å². The van der Waals surface area contributed by atoms with Crippen LogP contribution in [0.4, 0.5) is 5.82 Å². The van der Waals surface area contributed by atoms with Crippen LogP contribution in [0.3, 0.4) is 0 Å². The molecule has 1 aliphatic heterocycles. The third-order valence-corrected chi connectivity index (χ3v) is 4.18. The molecule has 3 heterocycles. The van der Waals surface area contributed by atoms with Gasteiger partial charge in [0.2, 0.25) is 0 Å². The molecule has 1 saturated heterocycles. The predicted molar refractivity (Wildman–Crippen MR) is 102 cm³/mol. The lowest BCUT2D eigenvalue weighted by Crippen LogP contribution is -2.46. The van der Waals surface area contributed by atoms with Gasteiger partial charge in [-0.3, -0.25) is 9.58 Å². The quantitative estimate of drug-likeness (QED) is 0.706. The number of aromatic nitrogens is 4. The van der Waals surface area contributed by atoms with Gasteiger partial charge in [-0.25, -0.2) is 9.97 Å². The molecule has 0 aromatic carbocycles. The zero-order valence-electron chi connectivity index (χ0n) is 13.4. The number of nitrogens with zero attached hydrogens (tertiary/aromatic N) is 6. The van der Waals surface area contributed by atoms with Crippen LogP contribution in [0.1, 0.15) is 12.8 Å². The fourth-order valence-electron chi connectivity index (χ4n) is 2.74. The first-order valence-electron chi connectivity index (χ1n) is 7.73. The minimum atomic E-state index is 0. The first kappa shape index (κ1) is 21.0. The number of hydrogen-bond donors (Lipinski definition) is 0. The monoisotopic (exact) mass is 392 g/mol. The Morgan fingerprint density at radius 2 is 1.75 bits per heavy atom. The van der Waals surface area contributed by atoms with Gasteiger partial charge in [-0.05, 0) is 31.5 Å². The summed E-state index contributed by atoms with van der Waals surface area (Å²) in [5, 5.41) is 4.76. The SMILES string of the molecule is Cl.Cl.Clc1ccn(CCCCN2CCN(c3ccncn3)CC2)n1. The lowest BCUT2D eigenvalue weighted by atomic mass is 10.2. The molecule has 2 aromatic rings. The lowest BCUT2D eigenvalue weighted by molar-refractivity contribution is 0.250. The molecule has 0 bridgehead atoms. The van der Waals surface area contributed by atoms with Gasteiger partial charge in [0.1, 0.15) is 12.1 Å². The van der Waals surface area contributed by atoms with Crippen LogP contribution in [-0.2, 0) is 6.54 Å². The topological polar surface area (TPSA) is 50.1 Å². The summed E-state index contributed by atoms with van der Waals surface area (Å²) >= 11 is 5.81. The van der Waals surface area contributed by atoms with Gasteiger partial charge < -0.3 is 4.90 Å². The Balaban J connectivity index is 0.00000144. The number of rotatable bonds is 6. The second-order valence-electron chi connectivity index (χ2n) is 5.50. The third kappa shape index (κ3) is 6.09. The van der Waals surface area contributed by atoms with Crippen molar-refractivity contribution in [3.63, 3.8) is 0 Å². The largest absolute Gasteiger partial charge is 0.354 e. The van der Waals surface area contributed by atoms with E-state index in [2.05, 4.69) is 24.9 Å². The van der Waals surface area contributed by atoms with Crippen molar-refractivity contribution in [3.05, 3.63) is 36.0 Å². The summed E-state index contributed by atoms with van der Waals surface area (Å²) in [7, 11) is 0. The summed E-state index contributed by atoms with van der Waals surface area (Å²) in [6, 6.07) is 3.80. The number of hydrogen-bond acceptors (Lipinski definition) is 5. The molecule has 0 atom stereocenters. The van der Waals surface area contributed by atoms with Crippen molar-refractivity contribution in [2.24, 2.45) is 0 Å². The molecule has 134 valence electrons. The van der Waals surface area contributed by atoms with E-state index in [-0.39, 0.29) is 24.8 Å². The van der Waals surface area contributed by atoms with E-state index in [1.165, 1.54) is 6.42 Å². The van der Waals surface area contributed by atoms with Crippen LogP contribution in [0.5, 0.6) is 0 Å². The van der Waals surface area contributed by atoms with Gasteiger partial charge in [0, 0.05) is 45.1 Å². The molecule has 6 nitrogen and oxygen atoms in total. The Bertz CT molecular complexity index is 572. The minimum Gasteiger partial charge on any atom is -0.354 e. The van der Waals surface area contributed by atoms with Gasteiger partial charge in [-0.1, -0.05) is 11.6 Å². The molecule has 24 heavy (non-hydrogen) atoms. The van der Waals surface area contributed by atoms with Gasteiger partial charge in [0.25, 0.3) is 0 Å². The summed E-state index contributed by atoms with van der Waals surface area (Å²) < 4.78 is 1.91. The van der Waals surface area contributed by atoms with E-state index in [0.717, 1.165) is 51.5 Å². The van der Waals surface area contributed by atoms with E-state index in [1.54, 1.807) is 12.5 Å². The summed E-state index contributed by atoms with van der Waals surface area (Å²) in [4.78, 5) is 13.1. The number of aryl methyl sites for hydroxylation is 1. The van der Waals surface area contributed by atoms with Crippen molar-refractivity contribution in [1.29, 1.82) is 0 Å². The average molecular weight is 394 g/mol. The van der Waals surface area contributed by atoms with Crippen molar-refractivity contribution in [1.82, 2.24) is 24.6 Å². The van der Waals surface area contributed by atoms with Crippen molar-refractivity contribution < 1.29 is 0 Å². The van der Waals surface area contributed by atoms with Crippen LogP contribution in [0.15, 0.2) is 30.9 Å². The first-order chi connectivity index (χ1) is 10.8. The van der Waals surface area contributed by atoms with Crippen molar-refractivity contribution in [2.45, 2.75) is 19.4 Å². The molecule has 3 rings (SSSR count). The maximum atomic E-state index is 5.81. The highest BCUT2D eigenvalue weighted by atomic mass is 35.5. The molecule has 2 aromatic heterocycles. The third-order valence-electron chi connectivity index (χ3n) is 3.98. The summed E-state index contributed by atoms with van der Waals surface area (Å²) in [5.74, 6) is 1.03. The molecule has 0 unspecified atom stereocenters. The van der Waals surface area contributed by atoms with E-state index in [0.29, 0.717) is 5.15 Å². The normalized spacial score (nSPS) is 14.8. The van der Waals surface area contributed by atoms with Crippen molar-refractivity contribution in [3.8, 4) is 0 Å². The number of anilines is 1. The Hall–Kier alpha value is -1.08. The highest BCUT2D eigenvalue weighted by molar-refractivity contribution is 6.29. The highest BCUT2D eigenvalue weighted by Crippen LogP contribution is 2.12. The Labute approximate surface area is 160 Å². The molecular weight excluding hydrogens is 371 g/mol. The maximum Gasteiger partial charge on any atom is 0.151 e. The molecule has 0 spiro atoms. The average Bonchev–Trinajstić information content (AvgIpc) is 2.98. The second-order valence-corrected chi connectivity index (χ2v) is 5.89. The van der Waals surface area contributed by atoms with Gasteiger partial charge >= 0.3 is 0 Å². The van der Waals surface area contributed by atoms with E-state index < -0.39 is 0 Å². The summed E-state index contributed by atoms with van der Waals surface area (Å²) in [6.45, 7) is 6.34. The molecule has 1 fully saturated rings.